The van der Waals surface area contributed by atoms with Crippen molar-refractivity contribution in [3.05, 3.63) is 17.2 Å². The lowest BCUT2D eigenvalue weighted by Crippen LogP contribution is -2.27. The molecule has 0 atom stereocenters. The molecule has 0 fully saturated rings. The molecule has 0 aliphatic carbocycles. The molecule has 0 bridgehead atoms. The Hall–Kier alpha value is -2.27. The largest absolute Gasteiger partial charge is 0.347 e. The maximum absolute atomic E-state index is 12.5. The van der Waals surface area contributed by atoms with E-state index >= 15 is 0 Å². The summed E-state index contributed by atoms with van der Waals surface area (Å²) in [5, 5.41) is 6.58. The fourth-order valence-electron chi connectivity index (χ4n) is 2.04. The van der Waals surface area contributed by atoms with Gasteiger partial charge in [-0.1, -0.05) is 0 Å². The monoisotopic (exact) mass is 354 g/mol. The standard InChI is InChI=1S/C13H22N8O2S/c1-8-11(9(2)19-18-8)24(22,23)14-7-10-15-12(20(3)4)17-13(16-10)21(5)6/h14H,7H2,1-6H3,(H,18,19). The predicted octanol–water partition coefficient (Wildman–Crippen LogP) is -0.178. The summed E-state index contributed by atoms with van der Waals surface area (Å²) in [6.07, 6.45) is 0. The lowest BCUT2D eigenvalue weighted by molar-refractivity contribution is 0.577. The average Bonchev–Trinajstić information content (AvgIpc) is 2.84. The summed E-state index contributed by atoms with van der Waals surface area (Å²) in [6.45, 7) is 3.25. The van der Waals surface area contributed by atoms with Crippen LogP contribution in [0, 0.1) is 13.8 Å². The lowest BCUT2D eigenvalue weighted by Gasteiger charge is -2.16. The Morgan fingerprint density at radius 3 is 1.96 bits per heavy atom. The molecule has 0 aromatic carbocycles. The second-order valence-corrected chi connectivity index (χ2v) is 7.43. The van der Waals surface area contributed by atoms with Gasteiger partial charge >= 0.3 is 0 Å². The molecule has 0 spiro atoms. The quantitative estimate of drug-likeness (QED) is 0.733. The molecule has 10 nitrogen and oxygen atoms in total. The van der Waals surface area contributed by atoms with Crippen LogP contribution in [-0.4, -0.2) is 61.8 Å². The van der Waals surface area contributed by atoms with Crippen molar-refractivity contribution in [2.24, 2.45) is 0 Å². The van der Waals surface area contributed by atoms with E-state index in [0.29, 0.717) is 29.1 Å². The highest BCUT2D eigenvalue weighted by atomic mass is 32.2. The normalized spacial score (nSPS) is 11.6. The Kier molecular flexibility index (Phi) is 5.04. The molecule has 11 heteroatoms. The van der Waals surface area contributed by atoms with Crippen LogP contribution < -0.4 is 14.5 Å². The molecule has 24 heavy (non-hydrogen) atoms. The molecular weight excluding hydrogens is 332 g/mol. The molecule has 0 aliphatic heterocycles. The first kappa shape index (κ1) is 18.1. The molecular formula is C13H22N8O2S. The van der Waals surface area contributed by atoms with Crippen LogP contribution in [-0.2, 0) is 16.6 Å². The summed E-state index contributed by atoms with van der Waals surface area (Å²) in [5.41, 5.74) is 0.900. The number of sulfonamides is 1. The summed E-state index contributed by atoms with van der Waals surface area (Å²) in [4.78, 5) is 16.5. The Bertz CT molecular complexity index is 783. The molecule has 0 saturated heterocycles. The summed E-state index contributed by atoms with van der Waals surface area (Å²) >= 11 is 0. The van der Waals surface area contributed by atoms with Crippen molar-refractivity contribution in [3.8, 4) is 0 Å². The van der Waals surface area contributed by atoms with Gasteiger partial charge in [0.1, 0.15) is 4.90 Å². The van der Waals surface area contributed by atoms with Crippen molar-refractivity contribution >= 4 is 21.9 Å². The third-order valence-electron chi connectivity index (χ3n) is 3.21. The first-order chi connectivity index (χ1) is 11.1. The highest BCUT2D eigenvalue weighted by Crippen LogP contribution is 2.17. The van der Waals surface area contributed by atoms with Gasteiger partial charge in [-0.15, -0.1) is 0 Å². The summed E-state index contributed by atoms with van der Waals surface area (Å²) in [7, 11) is 3.51. The number of rotatable bonds is 6. The Morgan fingerprint density at radius 1 is 1.00 bits per heavy atom. The van der Waals surface area contributed by atoms with Crippen LogP contribution >= 0.6 is 0 Å². The molecule has 2 rings (SSSR count). The lowest BCUT2D eigenvalue weighted by atomic mass is 10.4. The minimum atomic E-state index is -3.71. The summed E-state index contributed by atoms with van der Waals surface area (Å²) in [5.74, 6) is 1.25. The van der Waals surface area contributed by atoms with E-state index in [1.54, 1.807) is 51.8 Å². The van der Waals surface area contributed by atoms with Crippen molar-refractivity contribution in [2.75, 3.05) is 38.0 Å². The van der Waals surface area contributed by atoms with Crippen LogP contribution in [0.25, 0.3) is 0 Å². The number of nitrogens with zero attached hydrogens (tertiary/aromatic N) is 6. The van der Waals surface area contributed by atoms with Crippen LogP contribution in [0.15, 0.2) is 4.90 Å². The van der Waals surface area contributed by atoms with Crippen molar-refractivity contribution in [3.63, 3.8) is 0 Å². The van der Waals surface area contributed by atoms with E-state index in [4.69, 9.17) is 0 Å². The number of hydrogen-bond donors (Lipinski definition) is 2. The van der Waals surface area contributed by atoms with E-state index in [9.17, 15) is 8.42 Å². The number of aryl methyl sites for hydroxylation is 2. The molecule has 2 aromatic rings. The topological polar surface area (TPSA) is 120 Å². The number of aromatic amines is 1. The number of hydrogen-bond acceptors (Lipinski definition) is 8. The SMILES string of the molecule is Cc1n[nH]c(C)c1S(=O)(=O)NCc1nc(N(C)C)nc(N(C)C)n1. The molecule has 132 valence electrons. The van der Waals surface area contributed by atoms with E-state index < -0.39 is 10.0 Å². The van der Waals surface area contributed by atoms with Crippen molar-refractivity contribution in [1.29, 1.82) is 0 Å². The van der Waals surface area contributed by atoms with Crippen LogP contribution in [0.4, 0.5) is 11.9 Å². The highest BCUT2D eigenvalue weighted by molar-refractivity contribution is 7.89. The van der Waals surface area contributed by atoms with Gasteiger partial charge in [0, 0.05) is 28.2 Å². The van der Waals surface area contributed by atoms with Crippen molar-refractivity contribution in [1.82, 2.24) is 29.9 Å². The van der Waals surface area contributed by atoms with E-state index in [-0.39, 0.29) is 11.4 Å². The maximum Gasteiger partial charge on any atom is 0.244 e. The highest BCUT2D eigenvalue weighted by Gasteiger charge is 2.22. The van der Waals surface area contributed by atoms with Gasteiger partial charge in [0.15, 0.2) is 5.82 Å². The second-order valence-electron chi connectivity index (χ2n) is 5.73. The van der Waals surface area contributed by atoms with Gasteiger partial charge in [0.05, 0.1) is 17.9 Å². The molecule has 0 radical (unpaired) electrons. The number of nitrogens with one attached hydrogen (secondary N) is 2. The first-order valence-electron chi connectivity index (χ1n) is 7.22. The Labute approximate surface area is 141 Å². The smallest absolute Gasteiger partial charge is 0.244 e. The van der Waals surface area contributed by atoms with E-state index in [1.807, 2.05) is 0 Å². The van der Waals surface area contributed by atoms with Crippen molar-refractivity contribution in [2.45, 2.75) is 25.3 Å². The minimum absolute atomic E-state index is 0.0450. The van der Waals surface area contributed by atoms with Gasteiger partial charge in [-0.3, -0.25) is 5.10 Å². The number of aromatic nitrogens is 5. The first-order valence-corrected chi connectivity index (χ1v) is 8.71. The fraction of sp³-hybridized carbons (Fsp3) is 0.538. The van der Waals surface area contributed by atoms with Crippen molar-refractivity contribution < 1.29 is 8.42 Å². The zero-order valence-corrected chi connectivity index (χ0v) is 15.4. The average molecular weight is 354 g/mol. The van der Waals surface area contributed by atoms with Crippen LogP contribution in [0.2, 0.25) is 0 Å². The van der Waals surface area contributed by atoms with Crippen LogP contribution in [0.1, 0.15) is 17.2 Å². The van der Waals surface area contributed by atoms with Gasteiger partial charge in [-0.05, 0) is 13.8 Å². The van der Waals surface area contributed by atoms with Gasteiger partial charge in [-0.2, -0.15) is 20.1 Å². The van der Waals surface area contributed by atoms with E-state index in [2.05, 4.69) is 29.9 Å². The predicted molar refractivity (Wildman–Crippen MR) is 90.6 cm³/mol. The van der Waals surface area contributed by atoms with Crippen LogP contribution in [0.5, 0.6) is 0 Å². The fourth-order valence-corrected chi connectivity index (χ4v) is 3.39. The van der Waals surface area contributed by atoms with E-state index in [0.717, 1.165) is 0 Å². The minimum Gasteiger partial charge on any atom is -0.347 e. The summed E-state index contributed by atoms with van der Waals surface area (Å²) in [6, 6.07) is 0. The molecule has 0 saturated carbocycles. The summed E-state index contributed by atoms with van der Waals surface area (Å²) < 4.78 is 27.5. The van der Waals surface area contributed by atoms with Gasteiger partial charge < -0.3 is 9.80 Å². The number of H-pyrrole nitrogens is 1. The molecule has 0 amide bonds. The van der Waals surface area contributed by atoms with Gasteiger partial charge in [0.2, 0.25) is 21.9 Å². The molecule has 2 heterocycles. The van der Waals surface area contributed by atoms with E-state index in [1.165, 1.54) is 0 Å². The van der Waals surface area contributed by atoms with Crippen LogP contribution in [0.3, 0.4) is 0 Å². The molecule has 0 unspecified atom stereocenters. The zero-order valence-electron chi connectivity index (χ0n) is 14.6. The Morgan fingerprint density at radius 2 is 1.54 bits per heavy atom. The van der Waals surface area contributed by atoms with Gasteiger partial charge in [-0.25, -0.2) is 13.1 Å². The molecule has 0 aliphatic rings. The third kappa shape index (κ3) is 3.79. The van der Waals surface area contributed by atoms with Gasteiger partial charge in [0.25, 0.3) is 0 Å². The third-order valence-corrected chi connectivity index (χ3v) is 4.87. The number of anilines is 2. The second kappa shape index (κ2) is 6.69. The molecule has 2 aromatic heterocycles. The Balaban J connectivity index is 2.28. The molecule has 2 N–H and O–H groups in total. The zero-order chi connectivity index (χ0) is 18.1. The maximum atomic E-state index is 12.5.